The van der Waals surface area contributed by atoms with E-state index >= 15 is 0 Å². The average Bonchev–Trinajstić information content (AvgIpc) is 2.77. The Labute approximate surface area is 181 Å². The number of hydrogen-bond acceptors (Lipinski definition) is 5. The first-order valence-electron chi connectivity index (χ1n) is 9.00. The van der Waals surface area contributed by atoms with Crippen molar-refractivity contribution in [3.63, 3.8) is 0 Å². The van der Waals surface area contributed by atoms with Gasteiger partial charge in [-0.3, -0.25) is 14.7 Å². The molecule has 146 valence electrons. The molecular weight excluding hydrogens is 452 g/mol. The molecule has 1 aliphatic rings. The van der Waals surface area contributed by atoms with E-state index in [9.17, 15) is 9.59 Å². The number of halogens is 1. The third-order valence-electron chi connectivity index (χ3n) is 4.55. The van der Waals surface area contributed by atoms with Crippen molar-refractivity contribution < 1.29 is 14.3 Å². The molecule has 0 fully saturated rings. The summed E-state index contributed by atoms with van der Waals surface area (Å²) in [7, 11) is 0. The summed E-state index contributed by atoms with van der Waals surface area (Å²) in [6.45, 7) is -0.340. The van der Waals surface area contributed by atoms with E-state index in [1.165, 1.54) is 6.20 Å². The van der Waals surface area contributed by atoms with Gasteiger partial charge in [0, 0.05) is 27.5 Å². The monoisotopic (exact) mass is 468 g/mol. The molecule has 7 heteroatoms. The lowest BCUT2D eigenvalue weighted by molar-refractivity contribution is -0.122. The van der Waals surface area contributed by atoms with Gasteiger partial charge in [-0.25, -0.2) is 4.79 Å². The lowest BCUT2D eigenvalue weighted by Gasteiger charge is -2.37. The van der Waals surface area contributed by atoms with Gasteiger partial charge in [0.05, 0.1) is 17.3 Å². The first-order valence-corrected chi connectivity index (χ1v) is 10.8. The Balaban J connectivity index is 1.57. The summed E-state index contributed by atoms with van der Waals surface area (Å²) >= 11 is 5.00. The molecule has 1 aliphatic heterocycles. The summed E-state index contributed by atoms with van der Waals surface area (Å²) in [5.74, 6) is -0.109. The number of rotatable bonds is 4. The van der Waals surface area contributed by atoms with Crippen LogP contribution in [0, 0.1) is 0 Å². The largest absolute Gasteiger partial charge is 0.452 e. The highest BCUT2D eigenvalue weighted by molar-refractivity contribution is 9.10. The Bertz CT molecular complexity index is 1040. The second-order valence-corrected chi connectivity index (χ2v) is 8.41. The maximum absolute atomic E-state index is 13.2. The third-order valence-corrected chi connectivity index (χ3v) is 6.13. The number of amides is 1. The smallest absolute Gasteiger partial charge is 0.340 e. The van der Waals surface area contributed by atoms with Gasteiger partial charge in [-0.05, 0) is 39.7 Å². The summed E-state index contributed by atoms with van der Waals surface area (Å²) in [5.41, 5.74) is 2.18. The molecule has 0 spiro atoms. The zero-order valence-electron chi connectivity index (χ0n) is 15.3. The molecule has 1 aromatic heterocycles. The number of pyridine rings is 1. The number of benzene rings is 2. The fourth-order valence-electron chi connectivity index (χ4n) is 3.22. The maximum atomic E-state index is 13.2. The van der Waals surface area contributed by atoms with E-state index in [0.29, 0.717) is 10.0 Å². The molecule has 4 rings (SSSR count). The van der Waals surface area contributed by atoms with Crippen molar-refractivity contribution in [3.05, 3.63) is 88.7 Å². The minimum atomic E-state index is -0.580. The quantitative estimate of drug-likeness (QED) is 0.510. The highest BCUT2D eigenvalue weighted by Crippen LogP contribution is 2.43. The molecule has 0 bridgehead atoms. The van der Waals surface area contributed by atoms with E-state index in [1.54, 1.807) is 28.9 Å². The number of esters is 1. The molecule has 29 heavy (non-hydrogen) atoms. The highest BCUT2D eigenvalue weighted by Gasteiger charge is 2.32. The Morgan fingerprint density at radius 2 is 1.86 bits per heavy atom. The first kappa shape index (κ1) is 19.7. The van der Waals surface area contributed by atoms with Crippen molar-refractivity contribution in [1.29, 1.82) is 0 Å². The molecule has 0 unspecified atom stereocenters. The first-order chi connectivity index (χ1) is 14.1. The maximum Gasteiger partial charge on any atom is 0.340 e. The van der Waals surface area contributed by atoms with Crippen LogP contribution >= 0.6 is 27.7 Å². The summed E-state index contributed by atoms with van der Waals surface area (Å²) in [4.78, 5) is 32.2. The van der Waals surface area contributed by atoms with Crippen LogP contribution in [-0.4, -0.2) is 29.2 Å². The molecule has 5 nitrogen and oxygen atoms in total. The summed E-state index contributed by atoms with van der Waals surface area (Å²) in [6, 6.07) is 19.2. The molecule has 1 amide bonds. The molecule has 0 saturated carbocycles. The summed E-state index contributed by atoms with van der Waals surface area (Å²) in [5, 5.41) is 0. The van der Waals surface area contributed by atoms with E-state index < -0.39 is 5.97 Å². The molecule has 2 aromatic carbocycles. The van der Waals surface area contributed by atoms with Crippen molar-refractivity contribution >= 4 is 45.3 Å². The van der Waals surface area contributed by atoms with Gasteiger partial charge in [-0.15, -0.1) is 11.8 Å². The van der Waals surface area contributed by atoms with Gasteiger partial charge in [0.1, 0.15) is 0 Å². The van der Waals surface area contributed by atoms with Crippen molar-refractivity contribution in [3.8, 4) is 0 Å². The predicted molar refractivity (Wildman–Crippen MR) is 116 cm³/mol. The van der Waals surface area contributed by atoms with Gasteiger partial charge in [-0.2, -0.15) is 0 Å². The Morgan fingerprint density at radius 3 is 2.66 bits per heavy atom. The van der Waals surface area contributed by atoms with Crippen molar-refractivity contribution in [2.75, 3.05) is 17.3 Å². The van der Waals surface area contributed by atoms with Gasteiger partial charge in [0.2, 0.25) is 0 Å². The van der Waals surface area contributed by atoms with Crippen LogP contribution in [0.2, 0.25) is 0 Å². The van der Waals surface area contributed by atoms with Gasteiger partial charge < -0.3 is 4.74 Å². The molecule has 0 N–H and O–H groups in total. The standard InChI is InChI=1S/C22H17BrN2O3S/c23-17-10-16(11-24-12-17)22(27)28-13-21(26)25-18-8-4-5-9-20(18)29-14-19(25)15-6-2-1-3-7-15/h1-12,19H,13-14H2/t19-/m1/s1. The van der Waals surface area contributed by atoms with Gasteiger partial charge in [-0.1, -0.05) is 42.5 Å². The van der Waals surface area contributed by atoms with Crippen LogP contribution in [0.15, 0.2) is 82.4 Å². The van der Waals surface area contributed by atoms with Crippen molar-refractivity contribution in [1.82, 2.24) is 4.98 Å². The van der Waals surface area contributed by atoms with E-state index in [0.717, 1.165) is 21.9 Å². The molecule has 3 aromatic rings. The second kappa shape index (κ2) is 8.80. The molecule has 0 aliphatic carbocycles. The van der Waals surface area contributed by atoms with E-state index in [1.807, 2.05) is 54.6 Å². The van der Waals surface area contributed by atoms with Crippen LogP contribution in [-0.2, 0) is 9.53 Å². The lowest BCUT2D eigenvalue weighted by atomic mass is 10.1. The lowest BCUT2D eigenvalue weighted by Crippen LogP contribution is -2.41. The van der Waals surface area contributed by atoms with Crippen molar-refractivity contribution in [2.45, 2.75) is 10.9 Å². The number of aromatic nitrogens is 1. The minimum absolute atomic E-state index is 0.130. The molecule has 0 radical (unpaired) electrons. The van der Waals surface area contributed by atoms with Crippen LogP contribution in [0.4, 0.5) is 5.69 Å². The van der Waals surface area contributed by atoms with Crippen molar-refractivity contribution in [2.24, 2.45) is 0 Å². The number of thioether (sulfide) groups is 1. The average molecular weight is 469 g/mol. The van der Waals surface area contributed by atoms with Crippen LogP contribution in [0.5, 0.6) is 0 Å². The normalized spacial score (nSPS) is 15.5. The van der Waals surface area contributed by atoms with E-state index in [-0.39, 0.29) is 18.6 Å². The van der Waals surface area contributed by atoms with Crippen LogP contribution in [0.3, 0.4) is 0 Å². The van der Waals surface area contributed by atoms with Gasteiger partial charge in [0.15, 0.2) is 6.61 Å². The third kappa shape index (κ3) is 4.36. The predicted octanol–water partition coefficient (Wildman–Crippen LogP) is 4.88. The van der Waals surface area contributed by atoms with Crippen LogP contribution < -0.4 is 4.90 Å². The van der Waals surface area contributed by atoms with Gasteiger partial charge in [0.25, 0.3) is 5.91 Å². The Kier molecular flexibility index (Phi) is 5.97. The number of anilines is 1. The second-order valence-electron chi connectivity index (χ2n) is 6.44. The Hall–Kier alpha value is -2.64. The minimum Gasteiger partial charge on any atom is -0.452 e. The fraction of sp³-hybridized carbons (Fsp3) is 0.136. The Morgan fingerprint density at radius 1 is 1.10 bits per heavy atom. The topological polar surface area (TPSA) is 59.5 Å². The highest BCUT2D eigenvalue weighted by atomic mass is 79.9. The SMILES string of the molecule is O=C(OCC(=O)N1c2ccccc2SC[C@@H]1c1ccccc1)c1cncc(Br)c1. The fourth-order valence-corrected chi connectivity index (χ4v) is 4.75. The van der Waals surface area contributed by atoms with Crippen LogP contribution in [0.25, 0.3) is 0 Å². The van der Waals surface area contributed by atoms with Crippen LogP contribution in [0.1, 0.15) is 22.0 Å². The van der Waals surface area contributed by atoms with E-state index in [2.05, 4.69) is 20.9 Å². The van der Waals surface area contributed by atoms with Gasteiger partial charge >= 0.3 is 5.97 Å². The number of nitrogens with zero attached hydrogens (tertiary/aromatic N) is 2. The number of para-hydroxylation sites is 1. The number of fused-ring (bicyclic) bond motifs is 1. The summed E-state index contributed by atoms with van der Waals surface area (Å²) < 4.78 is 5.97. The number of carbonyl (C=O) groups excluding carboxylic acids is 2. The zero-order valence-corrected chi connectivity index (χ0v) is 17.7. The number of hydrogen-bond donors (Lipinski definition) is 0. The molecule has 0 saturated heterocycles. The molecular formula is C22H17BrN2O3S. The molecule has 2 heterocycles. The molecule has 1 atom stereocenters. The zero-order chi connectivity index (χ0) is 20.2. The summed E-state index contributed by atoms with van der Waals surface area (Å²) in [6.07, 6.45) is 2.99. The van der Waals surface area contributed by atoms with E-state index in [4.69, 9.17) is 4.74 Å². The number of ether oxygens (including phenoxy) is 1. The number of carbonyl (C=O) groups is 2.